The van der Waals surface area contributed by atoms with Crippen molar-refractivity contribution in [2.75, 3.05) is 13.1 Å². The molecule has 0 spiro atoms. The van der Waals surface area contributed by atoms with E-state index in [0.717, 1.165) is 17.8 Å². The largest absolute Gasteiger partial charge is 0.353 e. The van der Waals surface area contributed by atoms with Gasteiger partial charge in [0.1, 0.15) is 12.2 Å². The van der Waals surface area contributed by atoms with Crippen molar-refractivity contribution in [1.82, 2.24) is 25.4 Å². The number of rotatable bonds is 8. The van der Waals surface area contributed by atoms with Gasteiger partial charge < -0.3 is 15.2 Å². The van der Waals surface area contributed by atoms with E-state index >= 15 is 0 Å². The SMILES string of the molecule is C=CCNC(=NCCn1cnnc1CC)NC(C)c1ccc(Cl)cc1Cl. The number of aromatic nitrogens is 3. The van der Waals surface area contributed by atoms with Gasteiger partial charge in [-0.25, -0.2) is 0 Å². The summed E-state index contributed by atoms with van der Waals surface area (Å²) in [7, 11) is 0. The molecule has 2 aromatic rings. The molecule has 0 aliphatic rings. The van der Waals surface area contributed by atoms with Crippen LogP contribution in [0.2, 0.25) is 10.0 Å². The minimum absolute atomic E-state index is 0.0306. The van der Waals surface area contributed by atoms with Crippen LogP contribution in [0.25, 0.3) is 0 Å². The predicted octanol–water partition coefficient (Wildman–Crippen LogP) is 3.63. The molecule has 0 fully saturated rings. The van der Waals surface area contributed by atoms with E-state index in [9.17, 15) is 0 Å². The van der Waals surface area contributed by atoms with Gasteiger partial charge in [0.2, 0.25) is 0 Å². The minimum Gasteiger partial charge on any atom is -0.353 e. The molecule has 1 unspecified atom stereocenters. The molecule has 0 radical (unpaired) electrons. The first kappa shape index (κ1) is 20.3. The Hall–Kier alpha value is -2.05. The molecule has 1 heterocycles. The smallest absolute Gasteiger partial charge is 0.192 e. The monoisotopic (exact) mass is 394 g/mol. The van der Waals surface area contributed by atoms with Gasteiger partial charge >= 0.3 is 0 Å². The maximum Gasteiger partial charge on any atom is 0.192 e. The number of hydrogen-bond donors (Lipinski definition) is 2. The Morgan fingerprint density at radius 3 is 2.92 bits per heavy atom. The van der Waals surface area contributed by atoms with Gasteiger partial charge in [-0.2, -0.15) is 0 Å². The molecule has 26 heavy (non-hydrogen) atoms. The summed E-state index contributed by atoms with van der Waals surface area (Å²) in [6.45, 7) is 9.74. The van der Waals surface area contributed by atoms with Crippen molar-refractivity contribution in [3.05, 3.63) is 58.6 Å². The van der Waals surface area contributed by atoms with Gasteiger partial charge in [0.15, 0.2) is 5.96 Å². The van der Waals surface area contributed by atoms with E-state index in [0.29, 0.717) is 35.6 Å². The van der Waals surface area contributed by atoms with Crippen LogP contribution < -0.4 is 10.6 Å². The van der Waals surface area contributed by atoms with Gasteiger partial charge in [0.05, 0.1) is 12.6 Å². The number of guanidine groups is 1. The van der Waals surface area contributed by atoms with Crippen LogP contribution in [0.1, 0.15) is 31.3 Å². The van der Waals surface area contributed by atoms with Crippen LogP contribution in [-0.4, -0.2) is 33.8 Å². The Labute approximate surface area is 164 Å². The predicted molar refractivity (Wildman–Crippen MR) is 108 cm³/mol. The van der Waals surface area contributed by atoms with Crippen LogP contribution >= 0.6 is 23.2 Å². The van der Waals surface area contributed by atoms with Crippen molar-refractivity contribution in [3.8, 4) is 0 Å². The first-order chi connectivity index (χ1) is 12.5. The Kier molecular flexibility index (Phi) is 7.94. The lowest BCUT2D eigenvalue weighted by Gasteiger charge is -2.19. The summed E-state index contributed by atoms with van der Waals surface area (Å²) in [5, 5.41) is 15.8. The van der Waals surface area contributed by atoms with Gasteiger partial charge in [-0.3, -0.25) is 4.99 Å². The number of halogens is 2. The lowest BCUT2D eigenvalue weighted by atomic mass is 10.1. The van der Waals surface area contributed by atoms with E-state index in [4.69, 9.17) is 23.2 Å². The zero-order chi connectivity index (χ0) is 18.9. The molecule has 1 aromatic carbocycles. The molecular weight excluding hydrogens is 371 g/mol. The van der Waals surface area contributed by atoms with Crippen LogP contribution in [0.3, 0.4) is 0 Å². The quantitative estimate of drug-likeness (QED) is 0.407. The molecule has 1 aromatic heterocycles. The molecule has 0 bridgehead atoms. The lowest BCUT2D eigenvalue weighted by Crippen LogP contribution is -2.39. The Bertz CT molecular complexity index is 756. The summed E-state index contributed by atoms with van der Waals surface area (Å²) < 4.78 is 2.01. The molecule has 0 aliphatic heterocycles. The molecular formula is C18H24Cl2N6. The van der Waals surface area contributed by atoms with Crippen molar-refractivity contribution >= 4 is 29.2 Å². The third-order valence-electron chi connectivity index (χ3n) is 3.82. The molecule has 2 rings (SSSR count). The maximum absolute atomic E-state index is 6.30. The van der Waals surface area contributed by atoms with Gasteiger partial charge in [-0.15, -0.1) is 16.8 Å². The van der Waals surface area contributed by atoms with Crippen LogP contribution in [-0.2, 0) is 13.0 Å². The van der Waals surface area contributed by atoms with E-state index in [-0.39, 0.29) is 6.04 Å². The second-order valence-electron chi connectivity index (χ2n) is 5.73. The fourth-order valence-electron chi connectivity index (χ4n) is 2.47. The number of hydrogen-bond acceptors (Lipinski definition) is 3. The highest BCUT2D eigenvalue weighted by Gasteiger charge is 2.12. The molecule has 6 nitrogen and oxygen atoms in total. The summed E-state index contributed by atoms with van der Waals surface area (Å²) in [5.74, 6) is 1.64. The van der Waals surface area contributed by atoms with Crippen LogP contribution in [0.5, 0.6) is 0 Å². The number of aliphatic imine (C=N–C) groups is 1. The number of benzene rings is 1. The third-order valence-corrected chi connectivity index (χ3v) is 4.38. The molecule has 0 aliphatic carbocycles. The molecule has 0 saturated heterocycles. The fourth-order valence-corrected chi connectivity index (χ4v) is 3.04. The number of nitrogens with zero attached hydrogens (tertiary/aromatic N) is 4. The second-order valence-corrected chi connectivity index (χ2v) is 6.57. The highest BCUT2D eigenvalue weighted by Crippen LogP contribution is 2.25. The van der Waals surface area contributed by atoms with E-state index in [1.54, 1.807) is 18.5 Å². The summed E-state index contributed by atoms with van der Waals surface area (Å²) in [4.78, 5) is 4.63. The average Bonchev–Trinajstić information content (AvgIpc) is 3.06. The van der Waals surface area contributed by atoms with E-state index < -0.39 is 0 Å². The molecule has 1 atom stereocenters. The van der Waals surface area contributed by atoms with E-state index in [1.807, 2.05) is 23.6 Å². The zero-order valence-electron chi connectivity index (χ0n) is 15.0. The normalized spacial score (nSPS) is 12.7. The maximum atomic E-state index is 6.30. The highest BCUT2D eigenvalue weighted by molar-refractivity contribution is 6.35. The van der Waals surface area contributed by atoms with Crippen molar-refractivity contribution in [2.45, 2.75) is 32.9 Å². The molecule has 2 N–H and O–H groups in total. The fraction of sp³-hybridized carbons (Fsp3) is 0.389. The van der Waals surface area contributed by atoms with Gasteiger partial charge in [0.25, 0.3) is 0 Å². The first-order valence-corrected chi connectivity index (χ1v) is 9.28. The van der Waals surface area contributed by atoms with Crippen molar-refractivity contribution in [3.63, 3.8) is 0 Å². The Morgan fingerprint density at radius 1 is 1.42 bits per heavy atom. The van der Waals surface area contributed by atoms with Crippen molar-refractivity contribution < 1.29 is 0 Å². The standard InChI is InChI=1S/C18H24Cl2N6/c1-4-8-21-18(22-9-10-26-12-23-25-17(26)5-2)24-13(3)15-7-6-14(19)11-16(15)20/h4,6-7,11-13H,1,5,8-10H2,2-3H3,(H2,21,22,24). The molecule has 140 valence electrons. The van der Waals surface area contributed by atoms with Gasteiger partial charge in [-0.1, -0.05) is 42.3 Å². The van der Waals surface area contributed by atoms with Gasteiger partial charge in [0, 0.05) is 29.6 Å². The van der Waals surface area contributed by atoms with Crippen molar-refractivity contribution in [2.24, 2.45) is 4.99 Å². The van der Waals surface area contributed by atoms with Crippen molar-refractivity contribution in [1.29, 1.82) is 0 Å². The summed E-state index contributed by atoms with van der Waals surface area (Å²) in [6.07, 6.45) is 4.36. The van der Waals surface area contributed by atoms with E-state index in [1.165, 1.54) is 0 Å². The summed E-state index contributed by atoms with van der Waals surface area (Å²) >= 11 is 12.3. The first-order valence-electron chi connectivity index (χ1n) is 8.52. The van der Waals surface area contributed by atoms with E-state index in [2.05, 4.69) is 39.3 Å². The van der Waals surface area contributed by atoms with Crippen LogP contribution in [0.4, 0.5) is 0 Å². The summed E-state index contributed by atoms with van der Waals surface area (Å²) in [6, 6.07) is 5.45. The lowest BCUT2D eigenvalue weighted by molar-refractivity contribution is 0.651. The van der Waals surface area contributed by atoms with Gasteiger partial charge in [-0.05, 0) is 24.6 Å². The topological polar surface area (TPSA) is 67.1 Å². The Balaban J connectivity index is 2.04. The number of aryl methyl sites for hydroxylation is 1. The number of nitrogens with one attached hydrogen (secondary N) is 2. The zero-order valence-corrected chi connectivity index (χ0v) is 16.6. The molecule has 0 saturated carbocycles. The highest BCUT2D eigenvalue weighted by atomic mass is 35.5. The van der Waals surface area contributed by atoms with Crippen LogP contribution in [0, 0.1) is 0 Å². The third kappa shape index (κ3) is 5.75. The average molecular weight is 395 g/mol. The molecule has 8 heteroatoms. The Morgan fingerprint density at radius 2 is 2.23 bits per heavy atom. The molecule has 0 amide bonds. The van der Waals surface area contributed by atoms with Crippen LogP contribution in [0.15, 0.2) is 42.2 Å². The minimum atomic E-state index is -0.0306. The summed E-state index contributed by atoms with van der Waals surface area (Å²) in [5.41, 5.74) is 0.955. The second kappa shape index (κ2) is 10.2.